The van der Waals surface area contributed by atoms with Crippen molar-refractivity contribution in [3.8, 4) is 17.6 Å². The standard InChI is InChI=1S/C15H9N5/c16-8-9-4-3-7-12-13(9)18-15(17-12)14-10-5-1-2-6-11(10)19-20-14/h1-7H,(H,17,18)(H,19,20). The second-order valence-electron chi connectivity index (χ2n) is 4.52. The molecule has 0 bridgehead atoms. The first-order valence-corrected chi connectivity index (χ1v) is 6.19. The number of para-hydroxylation sites is 2. The lowest BCUT2D eigenvalue weighted by Gasteiger charge is -1.90. The van der Waals surface area contributed by atoms with E-state index in [0.717, 1.165) is 22.1 Å². The minimum Gasteiger partial charge on any atom is -0.337 e. The number of imidazole rings is 1. The van der Waals surface area contributed by atoms with Gasteiger partial charge in [-0.05, 0) is 18.2 Å². The number of aromatic nitrogens is 4. The van der Waals surface area contributed by atoms with Gasteiger partial charge in [0.25, 0.3) is 0 Å². The van der Waals surface area contributed by atoms with Gasteiger partial charge in [-0.25, -0.2) is 4.98 Å². The van der Waals surface area contributed by atoms with Crippen molar-refractivity contribution in [2.24, 2.45) is 0 Å². The summed E-state index contributed by atoms with van der Waals surface area (Å²) in [5, 5.41) is 17.4. The highest BCUT2D eigenvalue weighted by Gasteiger charge is 2.13. The molecule has 0 aliphatic heterocycles. The van der Waals surface area contributed by atoms with Crippen LogP contribution in [0.2, 0.25) is 0 Å². The van der Waals surface area contributed by atoms with Crippen molar-refractivity contribution in [3.63, 3.8) is 0 Å². The van der Waals surface area contributed by atoms with Crippen molar-refractivity contribution in [3.05, 3.63) is 48.0 Å². The normalized spacial score (nSPS) is 10.9. The molecular weight excluding hydrogens is 250 g/mol. The van der Waals surface area contributed by atoms with Crippen molar-refractivity contribution in [2.75, 3.05) is 0 Å². The smallest absolute Gasteiger partial charge is 0.159 e. The van der Waals surface area contributed by atoms with Crippen LogP contribution in [0.25, 0.3) is 33.5 Å². The molecule has 0 amide bonds. The van der Waals surface area contributed by atoms with Crippen LogP contribution >= 0.6 is 0 Å². The number of nitrogens with one attached hydrogen (secondary N) is 2. The number of hydrogen-bond donors (Lipinski definition) is 2. The highest BCUT2D eigenvalue weighted by molar-refractivity contribution is 5.93. The van der Waals surface area contributed by atoms with Gasteiger partial charge in [-0.1, -0.05) is 24.3 Å². The molecule has 0 saturated carbocycles. The van der Waals surface area contributed by atoms with Gasteiger partial charge in [0.05, 0.1) is 16.6 Å². The molecule has 20 heavy (non-hydrogen) atoms. The summed E-state index contributed by atoms with van der Waals surface area (Å²) in [6.07, 6.45) is 0. The Hall–Kier alpha value is -3.13. The average molecular weight is 259 g/mol. The molecule has 0 atom stereocenters. The van der Waals surface area contributed by atoms with E-state index in [9.17, 15) is 0 Å². The average Bonchev–Trinajstić information content (AvgIpc) is 3.10. The van der Waals surface area contributed by atoms with Crippen LogP contribution in [0.1, 0.15) is 5.56 Å². The summed E-state index contributed by atoms with van der Waals surface area (Å²) in [7, 11) is 0. The minimum absolute atomic E-state index is 0.560. The Balaban J connectivity index is 2.01. The van der Waals surface area contributed by atoms with E-state index in [0.29, 0.717) is 16.9 Å². The quantitative estimate of drug-likeness (QED) is 0.551. The Morgan fingerprint density at radius 1 is 1.00 bits per heavy atom. The molecular formula is C15H9N5. The molecule has 0 unspecified atom stereocenters. The fraction of sp³-hybridized carbons (Fsp3) is 0. The zero-order chi connectivity index (χ0) is 13.5. The first kappa shape index (κ1) is 10.8. The molecule has 5 nitrogen and oxygen atoms in total. The Morgan fingerprint density at radius 2 is 1.85 bits per heavy atom. The number of rotatable bonds is 1. The van der Waals surface area contributed by atoms with Crippen LogP contribution in [-0.4, -0.2) is 20.2 Å². The molecule has 94 valence electrons. The maximum Gasteiger partial charge on any atom is 0.159 e. The summed E-state index contributed by atoms with van der Waals surface area (Å²) >= 11 is 0. The predicted molar refractivity (Wildman–Crippen MR) is 75.9 cm³/mol. The highest BCUT2D eigenvalue weighted by atomic mass is 15.1. The van der Waals surface area contributed by atoms with E-state index in [1.807, 2.05) is 36.4 Å². The second-order valence-corrected chi connectivity index (χ2v) is 4.52. The lowest BCUT2D eigenvalue weighted by atomic mass is 10.2. The van der Waals surface area contributed by atoms with Crippen molar-refractivity contribution in [2.45, 2.75) is 0 Å². The molecule has 0 spiro atoms. The molecule has 0 saturated heterocycles. The molecule has 4 aromatic rings. The van der Waals surface area contributed by atoms with Gasteiger partial charge in [0.15, 0.2) is 5.82 Å². The first-order chi connectivity index (χ1) is 9.86. The van der Waals surface area contributed by atoms with E-state index < -0.39 is 0 Å². The molecule has 5 heteroatoms. The number of nitriles is 1. The van der Waals surface area contributed by atoms with E-state index in [2.05, 4.69) is 26.2 Å². The first-order valence-electron chi connectivity index (χ1n) is 6.19. The largest absolute Gasteiger partial charge is 0.337 e. The number of benzene rings is 2. The maximum absolute atomic E-state index is 9.12. The van der Waals surface area contributed by atoms with Crippen molar-refractivity contribution in [1.82, 2.24) is 20.2 Å². The SMILES string of the molecule is N#Cc1cccc2[nH]c(-c3n[nH]c4ccccc34)nc12. The van der Waals surface area contributed by atoms with E-state index in [-0.39, 0.29) is 0 Å². The molecule has 0 radical (unpaired) electrons. The summed E-state index contributed by atoms with van der Waals surface area (Å²) in [5.41, 5.74) is 3.80. The van der Waals surface area contributed by atoms with Gasteiger partial charge < -0.3 is 4.98 Å². The van der Waals surface area contributed by atoms with Gasteiger partial charge >= 0.3 is 0 Å². The molecule has 4 rings (SSSR count). The van der Waals surface area contributed by atoms with E-state index in [4.69, 9.17) is 5.26 Å². The third-order valence-corrected chi connectivity index (χ3v) is 3.33. The van der Waals surface area contributed by atoms with E-state index in [1.54, 1.807) is 6.07 Å². The van der Waals surface area contributed by atoms with Crippen LogP contribution in [0, 0.1) is 11.3 Å². The Morgan fingerprint density at radius 3 is 2.75 bits per heavy atom. The molecule has 0 fully saturated rings. The van der Waals surface area contributed by atoms with Crippen molar-refractivity contribution < 1.29 is 0 Å². The summed E-state index contributed by atoms with van der Waals surface area (Å²) < 4.78 is 0. The maximum atomic E-state index is 9.12. The number of hydrogen-bond acceptors (Lipinski definition) is 3. The summed E-state index contributed by atoms with van der Waals surface area (Å²) in [6.45, 7) is 0. The Bertz CT molecular complexity index is 971. The van der Waals surface area contributed by atoms with Gasteiger partial charge in [0.2, 0.25) is 0 Å². The van der Waals surface area contributed by atoms with Gasteiger partial charge in [0, 0.05) is 5.39 Å². The summed E-state index contributed by atoms with van der Waals surface area (Å²) in [6, 6.07) is 15.5. The summed E-state index contributed by atoms with van der Waals surface area (Å²) in [4.78, 5) is 7.74. The molecule has 2 heterocycles. The number of aromatic amines is 2. The lowest BCUT2D eigenvalue weighted by Crippen LogP contribution is -1.81. The summed E-state index contributed by atoms with van der Waals surface area (Å²) in [5.74, 6) is 0.667. The number of fused-ring (bicyclic) bond motifs is 2. The number of nitrogens with zero attached hydrogens (tertiary/aromatic N) is 3. The minimum atomic E-state index is 0.560. The van der Waals surface area contributed by atoms with Crippen LogP contribution in [0.15, 0.2) is 42.5 Å². The number of H-pyrrole nitrogens is 2. The van der Waals surface area contributed by atoms with E-state index in [1.165, 1.54) is 0 Å². The van der Waals surface area contributed by atoms with Crippen LogP contribution in [-0.2, 0) is 0 Å². The van der Waals surface area contributed by atoms with Crippen molar-refractivity contribution >= 4 is 21.9 Å². The molecule has 2 N–H and O–H groups in total. The third-order valence-electron chi connectivity index (χ3n) is 3.33. The fourth-order valence-corrected chi connectivity index (χ4v) is 2.38. The molecule has 0 aliphatic rings. The molecule has 0 aliphatic carbocycles. The van der Waals surface area contributed by atoms with Crippen LogP contribution in [0.3, 0.4) is 0 Å². The fourth-order valence-electron chi connectivity index (χ4n) is 2.38. The lowest BCUT2D eigenvalue weighted by molar-refractivity contribution is 1.11. The van der Waals surface area contributed by atoms with Crippen molar-refractivity contribution in [1.29, 1.82) is 5.26 Å². The molecule has 2 aromatic heterocycles. The van der Waals surface area contributed by atoms with Gasteiger partial charge in [-0.2, -0.15) is 10.4 Å². The zero-order valence-corrected chi connectivity index (χ0v) is 10.4. The molecule has 2 aromatic carbocycles. The van der Waals surface area contributed by atoms with Crippen LogP contribution in [0.5, 0.6) is 0 Å². The third kappa shape index (κ3) is 1.42. The van der Waals surface area contributed by atoms with Crippen LogP contribution < -0.4 is 0 Å². The Kier molecular flexibility index (Phi) is 2.12. The van der Waals surface area contributed by atoms with Gasteiger partial charge in [0.1, 0.15) is 17.3 Å². The van der Waals surface area contributed by atoms with Gasteiger partial charge in [-0.15, -0.1) is 0 Å². The van der Waals surface area contributed by atoms with Crippen LogP contribution in [0.4, 0.5) is 0 Å². The monoisotopic (exact) mass is 259 g/mol. The highest BCUT2D eigenvalue weighted by Crippen LogP contribution is 2.26. The zero-order valence-electron chi connectivity index (χ0n) is 10.4. The Labute approximate surface area is 113 Å². The predicted octanol–water partition coefficient (Wildman–Crippen LogP) is 2.98. The topological polar surface area (TPSA) is 81.1 Å². The van der Waals surface area contributed by atoms with Gasteiger partial charge in [-0.3, -0.25) is 5.10 Å². The van der Waals surface area contributed by atoms with E-state index >= 15 is 0 Å². The second kappa shape index (κ2) is 3.93.